The van der Waals surface area contributed by atoms with Crippen LogP contribution in [0.15, 0.2) is 47.0 Å². The molecule has 3 heterocycles. The highest BCUT2D eigenvalue weighted by atomic mass is 16.3. The van der Waals surface area contributed by atoms with Crippen molar-refractivity contribution >= 4 is 44.8 Å². The first-order valence-electron chi connectivity index (χ1n) is 9.30. The topological polar surface area (TPSA) is 60.7 Å². The molecule has 0 amide bonds. The third kappa shape index (κ3) is 2.17. The Kier molecular flexibility index (Phi) is 3.53. The Labute approximate surface area is 168 Å². The number of fused-ring (bicyclic) bond motifs is 4. The summed E-state index contributed by atoms with van der Waals surface area (Å²) in [4.78, 5) is 12.1. The minimum absolute atomic E-state index is 0.0523. The van der Waals surface area contributed by atoms with E-state index in [2.05, 4.69) is 46.8 Å². The Morgan fingerprint density at radius 3 is 2.76 bits per heavy atom. The Balaban J connectivity index is 1.85. The molecule has 1 aliphatic rings. The van der Waals surface area contributed by atoms with E-state index in [1.54, 1.807) is 12.3 Å². The van der Waals surface area contributed by atoms with Crippen LogP contribution in [0.25, 0.3) is 26.9 Å². The molecule has 0 bridgehead atoms. The number of hydrogen-bond donors (Lipinski definition) is 0. The first-order chi connectivity index (χ1) is 14.1. The first-order valence-corrected chi connectivity index (χ1v) is 9.30. The summed E-state index contributed by atoms with van der Waals surface area (Å²) in [5.74, 6) is 0. The van der Waals surface area contributed by atoms with Gasteiger partial charge in [-0.1, -0.05) is 18.2 Å². The van der Waals surface area contributed by atoms with Crippen LogP contribution < -0.4 is 9.80 Å². The number of nitriles is 1. The zero-order valence-electron chi connectivity index (χ0n) is 16.3. The monoisotopic (exact) mass is 379 g/mol. The summed E-state index contributed by atoms with van der Waals surface area (Å²) >= 11 is 0. The van der Waals surface area contributed by atoms with Crippen LogP contribution in [-0.2, 0) is 0 Å². The van der Waals surface area contributed by atoms with E-state index in [1.165, 1.54) is 0 Å². The van der Waals surface area contributed by atoms with E-state index in [-0.39, 0.29) is 6.17 Å². The van der Waals surface area contributed by atoms with Gasteiger partial charge in [0.25, 0.3) is 0 Å². The maximum atomic E-state index is 9.73. The van der Waals surface area contributed by atoms with Crippen molar-refractivity contribution in [2.75, 3.05) is 16.8 Å². The quantitative estimate of drug-likeness (QED) is 0.400. The van der Waals surface area contributed by atoms with Crippen molar-refractivity contribution in [3.05, 3.63) is 65.1 Å². The molecule has 2 aromatic carbocycles. The van der Waals surface area contributed by atoms with Crippen LogP contribution in [0.3, 0.4) is 0 Å². The van der Waals surface area contributed by atoms with Gasteiger partial charge in [0, 0.05) is 24.0 Å². The molecular formula is C23H17N5O. The largest absolute Gasteiger partial charge is 0.435 e. The highest BCUT2D eigenvalue weighted by molar-refractivity contribution is 6.10. The molecule has 0 unspecified atom stereocenters. The molecule has 0 saturated carbocycles. The van der Waals surface area contributed by atoms with E-state index in [9.17, 15) is 5.26 Å². The van der Waals surface area contributed by atoms with Crippen molar-refractivity contribution in [1.29, 1.82) is 5.26 Å². The van der Waals surface area contributed by atoms with Gasteiger partial charge >= 0.3 is 0 Å². The third-order valence-electron chi connectivity index (χ3n) is 5.75. The lowest BCUT2D eigenvalue weighted by atomic mass is 10.1. The van der Waals surface area contributed by atoms with Crippen molar-refractivity contribution in [2.45, 2.75) is 20.0 Å². The van der Waals surface area contributed by atoms with Crippen molar-refractivity contribution < 1.29 is 4.42 Å². The van der Waals surface area contributed by atoms with Crippen LogP contribution in [0, 0.1) is 24.8 Å². The van der Waals surface area contributed by atoms with Crippen LogP contribution in [0.4, 0.5) is 22.7 Å². The Bertz CT molecular complexity index is 1390. The van der Waals surface area contributed by atoms with Crippen LogP contribution in [-0.4, -0.2) is 18.2 Å². The van der Waals surface area contributed by atoms with Gasteiger partial charge in [-0.15, -0.1) is 0 Å². The molecule has 0 fully saturated rings. The van der Waals surface area contributed by atoms with E-state index in [4.69, 9.17) is 11.0 Å². The van der Waals surface area contributed by atoms with E-state index in [0.29, 0.717) is 17.0 Å². The molecule has 0 saturated heterocycles. The second-order valence-electron chi connectivity index (χ2n) is 7.23. The minimum Gasteiger partial charge on any atom is -0.435 e. The first kappa shape index (κ1) is 17.1. The van der Waals surface area contributed by atoms with Gasteiger partial charge in [-0.3, -0.25) is 0 Å². The number of benzene rings is 2. The minimum atomic E-state index is -0.0523. The Hall–Kier alpha value is -4.03. The van der Waals surface area contributed by atoms with E-state index in [0.717, 1.165) is 39.0 Å². The molecule has 5 rings (SSSR count). The molecular weight excluding hydrogens is 362 g/mol. The second-order valence-corrected chi connectivity index (χ2v) is 7.23. The number of furan rings is 1. The lowest BCUT2D eigenvalue weighted by Crippen LogP contribution is -2.36. The van der Waals surface area contributed by atoms with Gasteiger partial charge in [0.15, 0.2) is 5.58 Å². The van der Waals surface area contributed by atoms with Gasteiger partial charge in [-0.25, -0.2) is 9.83 Å². The highest BCUT2D eigenvalue weighted by Gasteiger charge is 2.36. The van der Waals surface area contributed by atoms with Crippen molar-refractivity contribution in [3.63, 3.8) is 0 Å². The normalized spacial score (nSPS) is 15.6. The van der Waals surface area contributed by atoms with Crippen LogP contribution in [0.1, 0.15) is 18.1 Å². The number of nitrogens with zero attached hydrogens (tertiary/aromatic N) is 5. The highest BCUT2D eigenvalue weighted by Crippen LogP contribution is 2.50. The molecule has 2 aromatic heterocycles. The van der Waals surface area contributed by atoms with Crippen molar-refractivity contribution in [3.8, 4) is 6.07 Å². The summed E-state index contributed by atoms with van der Waals surface area (Å²) in [6, 6.07) is 13.9. The molecule has 0 spiro atoms. The third-order valence-corrected chi connectivity index (χ3v) is 5.75. The molecule has 1 atom stereocenters. The summed E-state index contributed by atoms with van der Waals surface area (Å²) < 4.78 is 6.19. The molecule has 6 nitrogen and oxygen atoms in total. The lowest BCUT2D eigenvalue weighted by Gasteiger charge is -2.29. The Morgan fingerprint density at radius 2 is 2.00 bits per heavy atom. The fourth-order valence-electron chi connectivity index (χ4n) is 4.25. The fourth-order valence-corrected chi connectivity index (χ4v) is 4.25. The predicted octanol–water partition coefficient (Wildman–Crippen LogP) is 5.65. The Morgan fingerprint density at radius 1 is 1.17 bits per heavy atom. The molecule has 6 heteroatoms. The smallest absolute Gasteiger partial charge is 0.227 e. The molecule has 0 aliphatic carbocycles. The predicted molar refractivity (Wildman–Crippen MR) is 114 cm³/mol. The summed E-state index contributed by atoms with van der Waals surface area (Å²) in [7, 11) is 1.95. The van der Waals surface area contributed by atoms with Crippen LogP contribution >= 0.6 is 0 Å². The molecule has 140 valence electrons. The van der Waals surface area contributed by atoms with Gasteiger partial charge < -0.3 is 14.2 Å². The molecule has 4 aromatic rings. The zero-order valence-corrected chi connectivity index (χ0v) is 16.3. The summed E-state index contributed by atoms with van der Waals surface area (Å²) in [6.45, 7) is 11.5. The van der Waals surface area contributed by atoms with E-state index >= 15 is 0 Å². The van der Waals surface area contributed by atoms with E-state index in [1.807, 2.05) is 30.1 Å². The fraction of sp³-hybridized carbons (Fsp3) is 0.174. The summed E-state index contributed by atoms with van der Waals surface area (Å²) in [6.07, 6.45) is 1.67. The number of anilines is 3. The van der Waals surface area contributed by atoms with Crippen LogP contribution in [0.2, 0.25) is 0 Å². The number of hydrogen-bond acceptors (Lipinski definition) is 5. The SMILES string of the molecule is [C-]#[N+]c1ccc2c(c1C#N)N(C)[C@H](C)N2c1c(C)ccc2c1oc1ncccc12. The average Bonchev–Trinajstić information content (AvgIpc) is 3.23. The maximum absolute atomic E-state index is 9.73. The average molecular weight is 379 g/mol. The molecule has 0 N–H and O–H groups in total. The van der Waals surface area contributed by atoms with Gasteiger partial charge in [-0.2, -0.15) is 5.26 Å². The van der Waals surface area contributed by atoms with Gasteiger partial charge in [0.2, 0.25) is 11.4 Å². The number of pyridine rings is 1. The lowest BCUT2D eigenvalue weighted by molar-refractivity contribution is 0.648. The molecule has 1 aliphatic heterocycles. The number of aromatic nitrogens is 1. The summed E-state index contributed by atoms with van der Waals surface area (Å²) in [5.41, 5.74) is 5.86. The maximum Gasteiger partial charge on any atom is 0.227 e. The molecule has 0 radical (unpaired) electrons. The van der Waals surface area contributed by atoms with E-state index < -0.39 is 0 Å². The van der Waals surface area contributed by atoms with Crippen molar-refractivity contribution in [2.24, 2.45) is 0 Å². The number of aryl methyl sites for hydroxylation is 1. The standard InChI is InChI=1S/C23H17N5O/c1-13-7-8-15-16-6-5-11-26-23(16)29-22(15)20(13)28-14(2)27(4)21-17(12-24)18(25-3)9-10-19(21)28/h5-11,14H,1-2,4H3/t14-/m0/s1. The molecule has 29 heavy (non-hydrogen) atoms. The van der Waals surface area contributed by atoms with Gasteiger partial charge in [0.05, 0.1) is 35.3 Å². The second kappa shape index (κ2) is 5.98. The number of rotatable bonds is 1. The van der Waals surface area contributed by atoms with Gasteiger partial charge in [0.1, 0.15) is 6.17 Å². The summed E-state index contributed by atoms with van der Waals surface area (Å²) in [5, 5.41) is 11.7. The van der Waals surface area contributed by atoms with Crippen LogP contribution in [0.5, 0.6) is 0 Å². The van der Waals surface area contributed by atoms with Gasteiger partial charge in [-0.05, 0) is 37.6 Å². The zero-order chi connectivity index (χ0) is 20.3. The van der Waals surface area contributed by atoms with Crippen molar-refractivity contribution in [1.82, 2.24) is 4.98 Å².